The monoisotopic (exact) mass is 377 g/mol. The number of nitrogens with zero attached hydrogens (tertiary/aromatic N) is 3. The zero-order valence-corrected chi connectivity index (χ0v) is 16.5. The molecule has 0 aromatic carbocycles. The Bertz CT molecular complexity index is 979. The zero-order chi connectivity index (χ0) is 19.9. The molecule has 27 heavy (non-hydrogen) atoms. The molecule has 1 amide bonds. The molecule has 9 heteroatoms. The average Bonchev–Trinajstić information content (AvgIpc) is 3.02. The van der Waals surface area contributed by atoms with E-state index in [1.165, 1.54) is 11.6 Å². The first-order valence-electron chi connectivity index (χ1n) is 9.22. The number of rotatable bonds is 2. The average molecular weight is 377 g/mol. The summed E-state index contributed by atoms with van der Waals surface area (Å²) in [6, 6.07) is -0.0153. The van der Waals surface area contributed by atoms with Crippen molar-refractivity contribution in [2.24, 2.45) is 14.1 Å². The third kappa shape index (κ3) is 3.91. The predicted octanol–water partition coefficient (Wildman–Crippen LogP) is 1.51. The fraction of sp³-hybridized carbons (Fsp3) is 0.667. The highest BCUT2D eigenvalue weighted by Crippen LogP contribution is 2.32. The van der Waals surface area contributed by atoms with Crippen molar-refractivity contribution in [3.05, 3.63) is 26.7 Å². The van der Waals surface area contributed by atoms with Crippen LogP contribution in [0.5, 0.6) is 0 Å². The zero-order valence-electron chi connectivity index (χ0n) is 16.5. The first kappa shape index (κ1) is 19.2. The number of nitrogens with one attached hydrogen (secondary N) is 2. The molecular formula is C18H27N5O4. The van der Waals surface area contributed by atoms with Gasteiger partial charge in [-0.3, -0.25) is 13.9 Å². The predicted molar refractivity (Wildman–Crippen MR) is 101 cm³/mol. The molecule has 2 aromatic rings. The second kappa shape index (κ2) is 6.86. The van der Waals surface area contributed by atoms with Crippen LogP contribution in [0.1, 0.15) is 58.2 Å². The van der Waals surface area contributed by atoms with Crippen molar-refractivity contribution in [2.75, 3.05) is 0 Å². The lowest BCUT2D eigenvalue weighted by Gasteiger charge is -2.29. The van der Waals surface area contributed by atoms with E-state index in [0.717, 1.165) is 23.8 Å². The molecule has 2 aromatic heterocycles. The van der Waals surface area contributed by atoms with Crippen molar-refractivity contribution in [1.82, 2.24) is 24.4 Å². The number of fused-ring (bicyclic) bond motifs is 1. The van der Waals surface area contributed by atoms with Gasteiger partial charge in [0.2, 0.25) is 0 Å². The summed E-state index contributed by atoms with van der Waals surface area (Å²) >= 11 is 0. The molecule has 1 aliphatic rings. The summed E-state index contributed by atoms with van der Waals surface area (Å²) in [4.78, 5) is 44.1. The van der Waals surface area contributed by atoms with E-state index in [0.29, 0.717) is 23.4 Å². The van der Waals surface area contributed by atoms with Crippen molar-refractivity contribution in [2.45, 2.75) is 64.0 Å². The van der Waals surface area contributed by atoms with E-state index in [1.54, 1.807) is 7.05 Å². The van der Waals surface area contributed by atoms with Crippen molar-refractivity contribution in [3.63, 3.8) is 0 Å². The SMILES string of the molecule is Cn1c(=O)c2[nH]c([C@@H]3CCC[C@H](NC(=O)OC(C)(C)C)C3)nc2n(C)c1=O. The van der Waals surface area contributed by atoms with Gasteiger partial charge in [0.15, 0.2) is 5.65 Å². The molecule has 0 spiro atoms. The Balaban J connectivity index is 1.82. The molecule has 1 aliphatic carbocycles. The van der Waals surface area contributed by atoms with Crippen LogP contribution in [0, 0.1) is 0 Å². The Morgan fingerprint density at radius 2 is 1.93 bits per heavy atom. The maximum atomic E-state index is 12.3. The first-order chi connectivity index (χ1) is 12.6. The van der Waals surface area contributed by atoms with Gasteiger partial charge in [-0.1, -0.05) is 6.42 Å². The van der Waals surface area contributed by atoms with Gasteiger partial charge in [0.25, 0.3) is 5.56 Å². The number of hydrogen-bond acceptors (Lipinski definition) is 5. The molecule has 1 fully saturated rings. The summed E-state index contributed by atoms with van der Waals surface area (Å²) in [5.41, 5.74) is -0.635. The molecule has 1 saturated carbocycles. The van der Waals surface area contributed by atoms with Crippen LogP contribution >= 0.6 is 0 Å². The van der Waals surface area contributed by atoms with Crippen LogP contribution in [0.15, 0.2) is 9.59 Å². The van der Waals surface area contributed by atoms with Gasteiger partial charge in [-0.25, -0.2) is 14.6 Å². The number of imidazole rings is 1. The van der Waals surface area contributed by atoms with Crippen LogP contribution in [-0.2, 0) is 18.8 Å². The summed E-state index contributed by atoms with van der Waals surface area (Å²) in [5.74, 6) is 0.755. The van der Waals surface area contributed by atoms with E-state index in [4.69, 9.17) is 4.74 Å². The molecule has 0 bridgehead atoms. The van der Waals surface area contributed by atoms with E-state index in [9.17, 15) is 14.4 Å². The van der Waals surface area contributed by atoms with Crippen molar-refractivity contribution >= 4 is 17.3 Å². The van der Waals surface area contributed by atoms with Gasteiger partial charge in [0.05, 0.1) is 0 Å². The normalized spacial score (nSPS) is 20.6. The minimum atomic E-state index is -0.540. The highest BCUT2D eigenvalue weighted by atomic mass is 16.6. The molecule has 148 valence electrons. The number of aromatic amines is 1. The van der Waals surface area contributed by atoms with E-state index in [2.05, 4.69) is 15.3 Å². The highest BCUT2D eigenvalue weighted by Gasteiger charge is 2.28. The smallest absolute Gasteiger partial charge is 0.407 e. The third-order valence-corrected chi connectivity index (χ3v) is 4.89. The van der Waals surface area contributed by atoms with Crippen molar-refractivity contribution in [1.29, 1.82) is 0 Å². The van der Waals surface area contributed by atoms with E-state index in [1.807, 2.05) is 20.8 Å². The van der Waals surface area contributed by atoms with Crippen LogP contribution in [0.3, 0.4) is 0 Å². The molecule has 9 nitrogen and oxygen atoms in total. The van der Waals surface area contributed by atoms with Gasteiger partial charge in [0.1, 0.15) is 16.9 Å². The summed E-state index contributed by atoms with van der Waals surface area (Å²) in [6.07, 6.45) is 2.98. The van der Waals surface area contributed by atoms with E-state index in [-0.39, 0.29) is 17.5 Å². The molecule has 2 atom stereocenters. The van der Waals surface area contributed by atoms with E-state index < -0.39 is 17.4 Å². The topological polar surface area (TPSA) is 111 Å². The Morgan fingerprint density at radius 1 is 1.22 bits per heavy atom. The second-order valence-electron chi connectivity index (χ2n) is 8.23. The molecule has 0 unspecified atom stereocenters. The summed E-state index contributed by atoms with van der Waals surface area (Å²) in [7, 11) is 3.05. The fourth-order valence-electron chi connectivity index (χ4n) is 3.58. The maximum Gasteiger partial charge on any atom is 0.407 e. The fourth-order valence-corrected chi connectivity index (χ4v) is 3.58. The van der Waals surface area contributed by atoms with Crippen LogP contribution < -0.4 is 16.6 Å². The van der Waals surface area contributed by atoms with E-state index >= 15 is 0 Å². The lowest BCUT2D eigenvalue weighted by Crippen LogP contribution is -2.41. The lowest BCUT2D eigenvalue weighted by molar-refractivity contribution is 0.0490. The first-order valence-corrected chi connectivity index (χ1v) is 9.22. The second-order valence-corrected chi connectivity index (χ2v) is 8.23. The molecule has 0 aliphatic heterocycles. The standard InChI is InChI=1S/C18H27N5O4/c1-18(2,3)27-16(25)19-11-8-6-7-10(9-11)13-20-12-14(21-13)22(4)17(26)23(5)15(12)24/h10-11H,6-9H2,1-5H3,(H,19,25)(H,20,21)/t10-,11+/m1/s1. The van der Waals surface area contributed by atoms with Crippen LogP contribution in [0.25, 0.3) is 11.2 Å². The molecule has 2 heterocycles. The Kier molecular flexibility index (Phi) is 4.88. The number of amides is 1. The van der Waals surface area contributed by atoms with Gasteiger partial charge in [-0.2, -0.15) is 0 Å². The quantitative estimate of drug-likeness (QED) is 0.824. The van der Waals surface area contributed by atoms with Gasteiger partial charge >= 0.3 is 11.8 Å². The largest absolute Gasteiger partial charge is 0.444 e. The van der Waals surface area contributed by atoms with Gasteiger partial charge < -0.3 is 15.0 Å². The van der Waals surface area contributed by atoms with Gasteiger partial charge in [-0.15, -0.1) is 0 Å². The molecule has 2 N–H and O–H groups in total. The number of carbonyl (C=O) groups is 1. The number of H-pyrrole nitrogens is 1. The molecule has 0 saturated heterocycles. The minimum absolute atomic E-state index is 0.0153. The third-order valence-electron chi connectivity index (χ3n) is 4.89. The number of alkyl carbamates (subject to hydrolysis) is 1. The number of aromatic nitrogens is 4. The van der Waals surface area contributed by atoms with Crippen molar-refractivity contribution in [3.8, 4) is 0 Å². The number of aryl methyl sites for hydroxylation is 1. The Hall–Kier alpha value is -2.58. The summed E-state index contributed by atoms with van der Waals surface area (Å²) in [5, 5.41) is 2.93. The minimum Gasteiger partial charge on any atom is -0.444 e. The van der Waals surface area contributed by atoms with Crippen LogP contribution in [0.4, 0.5) is 4.79 Å². The Labute approximate surface area is 156 Å². The number of hydrogen-bond donors (Lipinski definition) is 2. The number of carbonyl (C=O) groups excluding carboxylic acids is 1. The van der Waals surface area contributed by atoms with Crippen LogP contribution in [-0.4, -0.2) is 36.8 Å². The Morgan fingerprint density at radius 3 is 2.59 bits per heavy atom. The van der Waals surface area contributed by atoms with Crippen LogP contribution in [0.2, 0.25) is 0 Å². The molecular weight excluding hydrogens is 350 g/mol. The maximum absolute atomic E-state index is 12.3. The molecule has 3 rings (SSSR count). The lowest BCUT2D eigenvalue weighted by atomic mass is 9.85. The van der Waals surface area contributed by atoms with Gasteiger partial charge in [-0.05, 0) is 40.0 Å². The highest BCUT2D eigenvalue weighted by molar-refractivity contribution is 5.70. The molecule has 0 radical (unpaired) electrons. The number of ether oxygens (including phenoxy) is 1. The summed E-state index contributed by atoms with van der Waals surface area (Å²) < 4.78 is 7.77. The van der Waals surface area contributed by atoms with Gasteiger partial charge in [0, 0.05) is 26.1 Å². The summed E-state index contributed by atoms with van der Waals surface area (Å²) in [6.45, 7) is 5.49. The van der Waals surface area contributed by atoms with Crippen molar-refractivity contribution < 1.29 is 9.53 Å².